The van der Waals surface area contributed by atoms with Crippen LogP contribution >= 0.6 is 0 Å². The molecule has 0 aliphatic rings. The number of rotatable bonds is 7. The normalized spacial score (nSPS) is 12.1. The standard InChI is InChI=1S/C14H21N3/c1-17-11-14(16)8-3-2-5-12-6-4-7-13(9-12)10-15/h4,6-7,9,14,17H,2-3,5,8,11,16H2,1H3. The topological polar surface area (TPSA) is 61.8 Å². The molecule has 3 nitrogen and oxygen atoms in total. The van der Waals surface area contributed by atoms with Crippen molar-refractivity contribution < 1.29 is 0 Å². The average Bonchev–Trinajstić information content (AvgIpc) is 2.35. The maximum atomic E-state index is 8.79. The first-order valence-corrected chi connectivity index (χ1v) is 6.15. The third kappa shape index (κ3) is 5.48. The lowest BCUT2D eigenvalue weighted by Crippen LogP contribution is -2.31. The zero-order chi connectivity index (χ0) is 12.5. The van der Waals surface area contributed by atoms with Crippen LogP contribution in [-0.4, -0.2) is 19.6 Å². The first-order chi connectivity index (χ1) is 8.26. The second-order valence-corrected chi connectivity index (χ2v) is 4.38. The summed E-state index contributed by atoms with van der Waals surface area (Å²) in [5.74, 6) is 0. The van der Waals surface area contributed by atoms with Crippen molar-refractivity contribution in [2.75, 3.05) is 13.6 Å². The summed E-state index contributed by atoms with van der Waals surface area (Å²) in [6.07, 6.45) is 4.35. The number of hydrogen-bond donors (Lipinski definition) is 2. The molecule has 3 N–H and O–H groups in total. The van der Waals surface area contributed by atoms with Crippen LogP contribution in [0.1, 0.15) is 30.4 Å². The Balaban J connectivity index is 2.24. The molecule has 0 heterocycles. The molecular weight excluding hydrogens is 210 g/mol. The van der Waals surface area contributed by atoms with Crippen molar-refractivity contribution in [2.24, 2.45) is 5.73 Å². The van der Waals surface area contributed by atoms with Crippen molar-refractivity contribution >= 4 is 0 Å². The van der Waals surface area contributed by atoms with Crippen LogP contribution in [0.25, 0.3) is 0 Å². The Bertz CT molecular complexity index is 368. The van der Waals surface area contributed by atoms with Crippen LogP contribution in [0, 0.1) is 11.3 Å². The van der Waals surface area contributed by atoms with Gasteiger partial charge in [-0.1, -0.05) is 18.6 Å². The molecule has 0 saturated heterocycles. The van der Waals surface area contributed by atoms with Crippen molar-refractivity contribution in [3.8, 4) is 6.07 Å². The van der Waals surface area contributed by atoms with E-state index in [0.717, 1.165) is 37.8 Å². The quantitative estimate of drug-likeness (QED) is 0.704. The van der Waals surface area contributed by atoms with Crippen molar-refractivity contribution in [1.29, 1.82) is 5.26 Å². The molecule has 0 aliphatic heterocycles. The predicted molar refractivity (Wildman–Crippen MR) is 70.6 cm³/mol. The van der Waals surface area contributed by atoms with Gasteiger partial charge in [-0.3, -0.25) is 0 Å². The SMILES string of the molecule is CNCC(N)CCCCc1cccc(C#N)c1. The molecule has 0 radical (unpaired) electrons. The Morgan fingerprint density at radius 1 is 1.41 bits per heavy atom. The molecular formula is C14H21N3. The van der Waals surface area contributed by atoms with E-state index in [1.165, 1.54) is 5.56 Å². The highest BCUT2D eigenvalue weighted by Crippen LogP contribution is 2.09. The van der Waals surface area contributed by atoms with E-state index in [1.807, 2.05) is 25.2 Å². The van der Waals surface area contributed by atoms with Gasteiger partial charge in [0.15, 0.2) is 0 Å². The fourth-order valence-electron chi connectivity index (χ4n) is 1.90. The van der Waals surface area contributed by atoms with E-state index in [4.69, 9.17) is 11.0 Å². The van der Waals surface area contributed by atoms with E-state index in [1.54, 1.807) is 0 Å². The molecule has 3 heteroatoms. The largest absolute Gasteiger partial charge is 0.327 e. The molecule has 0 spiro atoms. The van der Waals surface area contributed by atoms with Gasteiger partial charge in [-0.15, -0.1) is 0 Å². The highest BCUT2D eigenvalue weighted by molar-refractivity contribution is 5.32. The van der Waals surface area contributed by atoms with Gasteiger partial charge in [0.05, 0.1) is 11.6 Å². The minimum absolute atomic E-state index is 0.255. The van der Waals surface area contributed by atoms with Crippen LogP contribution in [-0.2, 0) is 6.42 Å². The molecule has 0 amide bonds. The second-order valence-electron chi connectivity index (χ2n) is 4.38. The highest BCUT2D eigenvalue weighted by atomic mass is 14.9. The maximum Gasteiger partial charge on any atom is 0.0991 e. The third-order valence-electron chi connectivity index (χ3n) is 2.81. The lowest BCUT2D eigenvalue weighted by molar-refractivity contribution is 0.540. The molecule has 0 saturated carbocycles. The molecule has 92 valence electrons. The number of hydrogen-bond acceptors (Lipinski definition) is 3. The van der Waals surface area contributed by atoms with E-state index >= 15 is 0 Å². The zero-order valence-electron chi connectivity index (χ0n) is 10.4. The minimum Gasteiger partial charge on any atom is -0.327 e. The molecule has 1 aromatic rings. The minimum atomic E-state index is 0.255. The molecule has 0 aromatic heterocycles. The smallest absolute Gasteiger partial charge is 0.0991 e. The van der Waals surface area contributed by atoms with E-state index in [9.17, 15) is 0 Å². The van der Waals surface area contributed by atoms with Gasteiger partial charge in [0.2, 0.25) is 0 Å². The van der Waals surface area contributed by atoms with Gasteiger partial charge in [0, 0.05) is 12.6 Å². The third-order valence-corrected chi connectivity index (χ3v) is 2.81. The van der Waals surface area contributed by atoms with E-state index in [0.29, 0.717) is 0 Å². The fraction of sp³-hybridized carbons (Fsp3) is 0.500. The number of aryl methyl sites for hydroxylation is 1. The van der Waals surface area contributed by atoms with Crippen molar-refractivity contribution in [3.63, 3.8) is 0 Å². The van der Waals surface area contributed by atoms with E-state index in [-0.39, 0.29) is 6.04 Å². The molecule has 1 rings (SSSR count). The van der Waals surface area contributed by atoms with Crippen molar-refractivity contribution in [2.45, 2.75) is 31.7 Å². The molecule has 17 heavy (non-hydrogen) atoms. The van der Waals surface area contributed by atoms with Crippen LogP contribution in [0.4, 0.5) is 0 Å². The summed E-state index contributed by atoms with van der Waals surface area (Å²) in [5, 5.41) is 11.9. The summed E-state index contributed by atoms with van der Waals surface area (Å²) in [6, 6.07) is 10.2. The summed E-state index contributed by atoms with van der Waals surface area (Å²) >= 11 is 0. The monoisotopic (exact) mass is 231 g/mol. The van der Waals surface area contributed by atoms with E-state index in [2.05, 4.69) is 17.5 Å². The van der Waals surface area contributed by atoms with Gasteiger partial charge in [-0.2, -0.15) is 5.26 Å². The first-order valence-electron chi connectivity index (χ1n) is 6.15. The summed E-state index contributed by atoms with van der Waals surface area (Å²) in [6.45, 7) is 0.879. The van der Waals surface area contributed by atoms with Gasteiger partial charge in [0.25, 0.3) is 0 Å². The van der Waals surface area contributed by atoms with Gasteiger partial charge in [0.1, 0.15) is 0 Å². The lowest BCUT2D eigenvalue weighted by Gasteiger charge is -2.10. The number of unbranched alkanes of at least 4 members (excludes halogenated alkanes) is 1. The molecule has 0 fully saturated rings. The predicted octanol–water partition coefficient (Wildman–Crippen LogP) is 1.82. The van der Waals surface area contributed by atoms with E-state index < -0.39 is 0 Å². The molecule has 1 atom stereocenters. The number of nitriles is 1. The van der Waals surface area contributed by atoms with Crippen LogP contribution < -0.4 is 11.1 Å². The Morgan fingerprint density at radius 3 is 2.94 bits per heavy atom. The second kappa shape index (κ2) is 7.83. The Morgan fingerprint density at radius 2 is 2.24 bits per heavy atom. The maximum absolute atomic E-state index is 8.79. The zero-order valence-corrected chi connectivity index (χ0v) is 10.4. The summed E-state index contributed by atoms with van der Waals surface area (Å²) in [5.41, 5.74) is 7.89. The van der Waals surface area contributed by atoms with Gasteiger partial charge < -0.3 is 11.1 Å². The van der Waals surface area contributed by atoms with Crippen LogP contribution in [0.15, 0.2) is 24.3 Å². The molecule has 0 bridgehead atoms. The Labute approximate surface area is 104 Å². The average molecular weight is 231 g/mol. The summed E-state index contributed by atoms with van der Waals surface area (Å²) < 4.78 is 0. The van der Waals surface area contributed by atoms with Gasteiger partial charge in [-0.25, -0.2) is 0 Å². The summed E-state index contributed by atoms with van der Waals surface area (Å²) in [7, 11) is 1.92. The number of nitrogens with two attached hydrogens (primary N) is 1. The van der Waals surface area contributed by atoms with Crippen LogP contribution in [0.5, 0.6) is 0 Å². The number of nitrogens with zero attached hydrogens (tertiary/aromatic N) is 1. The van der Waals surface area contributed by atoms with Crippen LogP contribution in [0.2, 0.25) is 0 Å². The Hall–Kier alpha value is -1.37. The van der Waals surface area contributed by atoms with Gasteiger partial charge >= 0.3 is 0 Å². The molecule has 0 aliphatic carbocycles. The van der Waals surface area contributed by atoms with Gasteiger partial charge in [-0.05, 0) is 44.0 Å². The van der Waals surface area contributed by atoms with Crippen molar-refractivity contribution in [1.82, 2.24) is 5.32 Å². The molecule has 1 unspecified atom stereocenters. The van der Waals surface area contributed by atoms with Crippen LogP contribution in [0.3, 0.4) is 0 Å². The first kappa shape index (κ1) is 13.7. The fourth-order valence-corrected chi connectivity index (χ4v) is 1.90. The number of likely N-dealkylation sites (N-methyl/N-ethyl adjacent to an activating group) is 1. The molecule has 1 aromatic carbocycles. The highest BCUT2D eigenvalue weighted by Gasteiger charge is 2.01. The van der Waals surface area contributed by atoms with Crippen molar-refractivity contribution in [3.05, 3.63) is 35.4 Å². The summed E-state index contributed by atoms with van der Waals surface area (Å²) in [4.78, 5) is 0. The number of benzene rings is 1. The number of nitrogens with one attached hydrogen (secondary N) is 1. The Kier molecular flexibility index (Phi) is 6.31. The lowest BCUT2D eigenvalue weighted by atomic mass is 10.0.